The Morgan fingerprint density at radius 3 is 2.76 bits per heavy atom. The Bertz CT molecular complexity index is 601. The van der Waals surface area contributed by atoms with Gasteiger partial charge in [-0.15, -0.1) is 0 Å². The van der Waals surface area contributed by atoms with Crippen LogP contribution < -0.4 is 5.73 Å². The van der Waals surface area contributed by atoms with E-state index >= 15 is 0 Å². The number of aliphatic carboxylic acids is 1. The Kier molecular flexibility index (Phi) is 4.18. The molecule has 1 aromatic carbocycles. The fraction of sp³-hybridized carbons (Fsp3) is 0.385. The first-order valence-corrected chi connectivity index (χ1v) is 6.44. The van der Waals surface area contributed by atoms with Crippen molar-refractivity contribution in [2.24, 2.45) is 5.73 Å². The third-order valence-corrected chi connectivity index (χ3v) is 3.59. The molecule has 21 heavy (non-hydrogen) atoms. The zero-order chi connectivity index (χ0) is 15.6. The number of carboxylic acid groups (broad SMARTS) is 1. The van der Waals surface area contributed by atoms with E-state index in [0.29, 0.717) is 18.5 Å². The van der Waals surface area contributed by atoms with Crippen LogP contribution in [-0.4, -0.2) is 39.4 Å². The molecular weight excluding hydrogens is 278 g/mol. The Hall–Kier alpha value is -2.48. The lowest BCUT2D eigenvalue weighted by Crippen LogP contribution is -2.35. The maximum atomic E-state index is 11.1. The highest BCUT2D eigenvalue weighted by atomic mass is 16.6. The number of nitrogens with two attached hydrogens (primary N) is 1. The number of hydrogen-bond donors (Lipinski definition) is 2. The van der Waals surface area contributed by atoms with Gasteiger partial charge in [0.15, 0.2) is 0 Å². The summed E-state index contributed by atoms with van der Waals surface area (Å²) >= 11 is 0. The first kappa shape index (κ1) is 14.9. The van der Waals surface area contributed by atoms with Gasteiger partial charge in [0.1, 0.15) is 6.04 Å². The number of nitro groups is 1. The van der Waals surface area contributed by atoms with Crippen LogP contribution >= 0.6 is 0 Å². The minimum atomic E-state index is -0.927. The standard InChI is InChI=1S/C13H15N3O5/c14-12(17)8-3-4-9(11(6-8)16(20)21)7-15-5-1-2-10(15)13(18)19/h3-4,6,10H,1-2,5,7H2,(H2,14,17)(H,18,19). The largest absolute Gasteiger partial charge is 0.480 e. The zero-order valence-corrected chi connectivity index (χ0v) is 11.2. The lowest BCUT2D eigenvalue weighted by molar-refractivity contribution is -0.385. The molecule has 1 aliphatic heterocycles. The molecule has 1 atom stereocenters. The molecule has 1 unspecified atom stereocenters. The van der Waals surface area contributed by atoms with E-state index in [1.54, 1.807) is 4.90 Å². The molecule has 1 amide bonds. The van der Waals surface area contributed by atoms with Gasteiger partial charge in [-0.2, -0.15) is 0 Å². The number of rotatable bonds is 5. The summed E-state index contributed by atoms with van der Waals surface area (Å²) in [5.41, 5.74) is 5.32. The number of amides is 1. The Morgan fingerprint density at radius 1 is 1.48 bits per heavy atom. The van der Waals surface area contributed by atoms with Gasteiger partial charge in [0.05, 0.1) is 4.92 Å². The number of benzene rings is 1. The molecule has 0 saturated carbocycles. The van der Waals surface area contributed by atoms with Crippen LogP contribution in [0.1, 0.15) is 28.8 Å². The normalized spacial score (nSPS) is 18.6. The number of carbonyl (C=O) groups excluding carboxylic acids is 1. The predicted octanol–water partition coefficient (Wildman–Crippen LogP) is 0.743. The molecule has 1 aliphatic rings. The average Bonchev–Trinajstić information content (AvgIpc) is 2.87. The highest BCUT2D eigenvalue weighted by Gasteiger charge is 2.31. The molecule has 0 bridgehead atoms. The van der Waals surface area contributed by atoms with Gasteiger partial charge in [0, 0.05) is 23.7 Å². The monoisotopic (exact) mass is 293 g/mol. The molecule has 0 spiro atoms. The van der Waals surface area contributed by atoms with E-state index in [0.717, 1.165) is 12.5 Å². The third kappa shape index (κ3) is 3.16. The maximum absolute atomic E-state index is 11.1. The van der Waals surface area contributed by atoms with Crippen LogP contribution in [0.25, 0.3) is 0 Å². The van der Waals surface area contributed by atoms with Gasteiger partial charge in [-0.05, 0) is 25.5 Å². The van der Waals surface area contributed by atoms with Crippen LogP contribution in [0.3, 0.4) is 0 Å². The van der Waals surface area contributed by atoms with Crippen molar-refractivity contribution in [2.75, 3.05) is 6.54 Å². The minimum absolute atomic E-state index is 0.0571. The van der Waals surface area contributed by atoms with Crippen LogP contribution in [-0.2, 0) is 11.3 Å². The molecule has 3 N–H and O–H groups in total. The van der Waals surface area contributed by atoms with Crippen molar-refractivity contribution in [1.82, 2.24) is 4.90 Å². The van der Waals surface area contributed by atoms with Gasteiger partial charge in [-0.1, -0.05) is 6.07 Å². The lowest BCUT2D eigenvalue weighted by Gasteiger charge is -2.20. The highest BCUT2D eigenvalue weighted by Crippen LogP contribution is 2.26. The molecule has 1 heterocycles. The highest BCUT2D eigenvalue weighted by molar-refractivity contribution is 5.93. The van der Waals surface area contributed by atoms with Crippen LogP contribution in [0.5, 0.6) is 0 Å². The van der Waals surface area contributed by atoms with Gasteiger partial charge in [-0.3, -0.25) is 24.6 Å². The van der Waals surface area contributed by atoms with Crippen LogP contribution in [0.4, 0.5) is 5.69 Å². The average molecular weight is 293 g/mol. The van der Waals surface area contributed by atoms with Crippen molar-refractivity contribution >= 4 is 17.6 Å². The van der Waals surface area contributed by atoms with Crippen molar-refractivity contribution in [3.8, 4) is 0 Å². The van der Waals surface area contributed by atoms with E-state index in [4.69, 9.17) is 10.8 Å². The zero-order valence-electron chi connectivity index (χ0n) is 11.2. The lowest BCUT2D eigenvalue weighted by atomic mass is 10.1. The van der Waals surface area contributed by atoms with Gasteiger partial charge in [0.2, 0.25) is 5.91 Å². The fourth-order valence-corrected chi connectivity index (χ4v) is 2.53. The molecule has 112 valence electrons. The SMILES string of the molecule is NC(=O)c1ccc(CN2CCCC2C(=O)O)c([N+](=O)[O-])c1. The smallest absolute Gasteiger partial charge is 0.320 e. The summed E-state index contributed by atoms with van der Waals surface area (Å²) in [6, 6.07) is 3.37. The Labute approximate surface area is 120 Å². The third-order valence-electron chi connectivity index (χ3n) is 3.59. The van der Waals surface area contributed by atoms with Crippen LogP contribution in [0.15, 0.2) is 18.2 Å². The summed E-state index contributed by atoms with van der Waals surface area (Å²) < 4.78 is 0. The van der Waals surface area contributed by atoms with Crippen LogP contribution in [0, 0.1) is 10.1 Å². The number of likely N-dealkylation sites (tertiary alicyclic amines) is 1. The van der Waals surface area contributed by atoms with E-state index in [1.807, 2.05) is 0 Å². The summed E-state index contributed by atoms with van der Waals surface area (Å²) in [6.45, 7) is 0.734. The first-order valence-electron chi connectivity index (χ1n) is 6.44. The van der Waals surface area contributed by atoms with E-state index in [-0.39, 0.29) is 17.8 Å². The van der Waals surface area contributed by atoms with Crippen molar-refractivity contribution < 1.29 is 19.6 Å². The van der Waals surface area contributed by atoms with Gasteiger partial charge < -0.3 is 10.8 Å². The topological polar surface area (TPSA) is 127 Å². The summed E-state index contributed by atoms with van der Waals surface area (Å²) in [7, 11) is 0. The van der Waals surface area contributed by atoms with E-state index in [9.17, 15) is 19.7 Å². The summed E-state index contributed by atoms with van der Waals surface area (Å²) in [5, 5.41) is 20.2. The predicted molar refractivity (Wildman–Crippen MR) is 72.7 cm³/mol. The second kappa shape index (κ2) is 5.88. The second-order valence-electron chi connectivity index (χ2n) is 4.93. The van der Waals surface area contributed by atoms with Gasteiger partial charge >= 0.3 is 5.97 Å². The summed E-state index contributed by atoms with van der Waals surface area (Å²) in [6.07, 6.45) is 1.27. The van der Waals surface area contributed by atoms with E-state index < -0.39 is 22.8 Å². The van der Waals surface area contributed by atoms with Crippen molar-refractivity contribution in [3.05, 3.63) is 39.4 Å². The molecule has 0 aromatic heterocycles. The van der Waals surface area contributed by atoms with Crippen LogP contribution in [0.2, 0.25) is 0 Å². The first-order chi connectivity index (χ1) is 9.90. The molecule has 2 rings (SSSR count). The molecule has 8 nitrogen and oxygen atoms in total. The van der Waals surface area contributed by atoms with E-state index in [1.165, 1.54) is 12.1 Å². The Balaban J connectivity index is 2.29. The fourth-order valence-electron chi connectivity index (χ4n) is 2.53. The molecule has 0 aliphatic carbocycles. The van der Waals surface area contributed by atoms with Crippen molar-refractivity contribution in [1.29, 1.82) is 0 Å². The molecule has 0 radical (unpaired) electrons. The number of carboxylic acids is 1. The number of carbonyl (C=O) groups is 2. The van der Waals surface area contributed by atoms with E-state index in [2.05, 4.69) is 0 Å². The van der Waals surface area contributed by atoms with Crippen molar-refractivity contribution in [2.45, 2.75) is 25.4 Å². The molecular formula is C13H15N3O5. The molecule has 1 aromatic rings. The number of nitro benzene ring substituents is 1. The molecule has 1 saturated heterocycles. The molecule has 1 fully saturated rings. The van der Waals surface area contributed by atoms with Crippen molar-refractivity contribution in [3.63, 3.8) is 0 Å². The summed E-state index contributed by atoms with van der Waals surface area (Å²) in [5.74, 6) is -1.67. The van der Waals surface area contributed by atoms with Gasteiger partial charge in [0.25, 0.3) is 5.69 Å². The number of primary amides is 1. The number of hydrogen-bond acceptors (Lipinski definition) is 5. The van der Waals surface area contributed by atoms with Gasteiger partial charge in [-0.25, -0.2) is 0 Å². The second-order valence-corrected chi connectivity index (χ2v) is 4.93. The minimum Gasteiger partial charge on any atom is -0.480 e. The number of nitrogens with zero attached hydrogens (tertiary/aromatic N) is 2. The quantitative estimate of drug-likeness (QED) is 0.609. The Morgan fingerprint density at radius 2 is 2.19 bits per heavy atom. The molecule has 8 heteroatoms. The summed E-state index contributed by atoms with van der Waals surface area (Å²) in [4.78, 5) is 34.4. The maximum Gasteiger partial charge on any atom is 0.320 e.